The molecule has 0 aliphatic heterocycles. The fraction of sp³-hybridized carbons (Fsp3) is 0.429. The zero-order chi connectivity index (χ0) is 27.9. The fourth-order valence-corrected chi connectivity index (χ4v) is 8.79. The summed E-state index contributed by atoms with van der Waals surface area (Å²) in [6.07, 6.45) is -2.72. The van der Waals surface area contributed by atoms with Gasteiger partial charge in [-0.2, -0.15) is 8.78 Å². The first-order valence-electron chi connectivity index (χ1n) is 12.2. The lowest BCUT2D eigenvalue weighted by molar-refractivity contribution is -0.158. The molecule has 1 amide bonds. The van der Waals surface area contributed by atoms with E-state index in [0.717, 1.165) is 10.4 Å². The maximum atomic E-state index is 13.9. The van der Waals surface area contributed by atoms with Crippen LogP contribution in [0.4, 0.5) is 13.6 Å². The number of hydrogen-bond acceptors (Lipinski definition) is 5. The molecular weight excluding hydrogens is 496 g/mol. The molecule has 0 saturated heterocycles. The van der Waals surface area contributed by atoms with Crippen molar-refractivity contribution in [2.75, 3.05) is 19.8 Å². The Morgan fingerprint density at radius 1 is 1.03 bits per heavy atom. The fourth-order valence-electron chi connectivity index (χ4n) is 4.24. The lowest BCUT2D eigenvalue weighted by Gasteiger charge is -2.43. The predicted octanol–water partition coefficient (Wildman–Crippen LogP) is 4.16. The molecule has 0 aromatic heterocycles. The highest BCUT2D eigenvalue weighted by atomic mass is 28.4. The summed E-state index contributed by atoms with van der Waals surface area (Å²) < 4.78 is 39.5. The molecule has 1 unspecified atom stereocenters. The molecule has 0 spiro atoms. The van der Waals surface area contributed by atoms with Gasteiger partial charge in [0.05, 0.1) is 6.61 Å². The van der Waals surface area contributed by atoms with E-state index in [9.17, 15) is 23.5 Å². The molecule has 0 heterocycles. The zero-order valence-electron chi connectivity index (χ0n) is 22.1. The summed E-state index contributed by atoms with van der Waals surface area (Å²) in [6.45, 7) is 12.1. The van der Waals surface area contributed by atoms with E-state index < -0.39 is 38.8 Å². The van der Waals surface area contributed by atoms with Crippen molar-refractivity contribution in [1.29, 1.82) is 0 Å². The Morgan fingerprint density at radius 2 is 1.51 bits per heavy atom. The van der Waals surface area contributed by atoms with Gasteiger partial charge < -0.3 is 19.2 Å². The summed E-state index contributed by atoms with van der Waals surface area (Å²) in [6, 6.07) is 19.7. The van der Waals surface area contributed by atoms with Crippen molar-refractivity contribution in [3.05, 3.63) is 73.3 Å². The Hall–Kier alpha value is -2.88. The van der Waals surface area contributed by atoms with Crippen LogP contribution < -0.4 is 10.4 Å². The maximum Gasteiger partial charge on any atom is 0.410 e. The quantitative estimate of drug-likeness (QED) is 0.328. The summed E-state index contributed by atoms with van der Waals surface area (Å²) in [5.74, 6) is -5.81. The monoisotopic (exact) mass is 533 g/mol. The largest absolute Gasteiger partial charge is 0.441 e. The summed E-state index contributed by atoms with van der Waals surface area (Å²) in [5, 5.41) is 11.2. The van der Waals surface area contributed by atoms with Gasteiger partial charge in [0.25, 0.3) is 8.32 Å². The number of amides is 1. The van der Waals surface area contributed by atoms with Crippen LogP contribution in [0.15, 0.2) is 73.3 Å². The highest BCUT2D eigenvalue weighted by Crippen LogP contribution is 2.36. The minimum atomic E-state index is -4.10. The number of alkyl halides is 2. The third kappa shape index (κ3) is 6.91. The SMILES string of the molecule is C=CC(O)C(F)(F)C(=O)COC(=O)N(CCO[Si](c1ccccc1)(c1ccccc1)C(C)(C)C)C(C)C. The number of ether oxygens (including phenoxy) is 1. The Bertz CT molecular complexity index is 1000. The minimum Gasteiger partial charge on any atom is -0.441 e. The van der Waals surface area contributed by atoms with Gasteiger partial charge in [0.1, 0.15) is 6.10 Å². The topological polar surface area (TPSA) is 76.1 Å². The molecule has 9 heteroatoms. The predicted molar refractivity (Wildman–Crippen MR) is 143 cm³/mol. The first-order chi connectivity index (χ1) is 17.3. The van der Waals surface area contributed by atoms with Gasteiger partial charge in [0.15, 0.2) is 6.61 Å². The molecule has 0 radical (unpaired) electrons. The van der Waals surface area contributed by atoms with Crippen molar-refractivity contribution in [3.8, 4) is 0 Å². The first kappa shape index (κ1) is 30.3. The van der Waals surface area contributed by atoms with Gasteiger partial charge in [-0.25, -0.2) is 4.79 Å². The van der Waals surface area contributed by atoms with Crippen molar-refractivity contribution in [3.63, 3.8) is 0 Å². The number of carbonyl (C=O) groups excluding carboxylic acids is 2. The van der Waals surface area contributed by atoms with E-state index >= 15 is 0 Å². The molecule has 0 aliphatic carbocycles. The summed E-state index contributed by atoms with van der Waals surface area (Å²) >= 11 is 0. The van der Waals surface area contributed by atoms with Gasteiger partial charge >= 0.3 is 12.0 Å². The van der Waals surface area contributed by atoms with E-state index in [0.29, 0.717) is 6.08 Å². The number of nitrogens with zero attached hydrogens (tertiary/aromatic N) is 1. The lowest BCUT2D eigenvalue weighted by Crippen LogP contribution is -2.67. The van der Waals surface area contributed by atoms with Crippen LogP contribution >= 0.6 is 0 Å². The Morgan fingerprint density at radius 3 is 1.92 bits per heavy atom. The normalized spacial score (nSPS) is 13.2. The van der Waals surface area contributed by atoms with Crippen LogP contribution in [0.25, 0.3) is 0 Å². The minimum absolute atomic E-state index is 0.126. The second-order valence-corrected chi connectivity index (χ2v) is 14.4. The molecule has 37 heavy (non-hydrogen) atoms. The van der Waals surface area contributed by atoms with Crippen LogP contribution in [0.3, 0.4) is 0 Å². The average Bonchev–Trinajstić information content (AvgIpc) is 2.86. The molecule has 2 aromatic carbocycles. The number of Topliss-reactive ketones (excluding diaryl/α,β-unsaturated/α-hetero) is 1. The lowest BCUT2D eigenvalue weighted by atomic mass is 10.1. The summed E-state index contributed by atoms with van der Waals surface area (Å²) in [7, 11) is -2.83. The van der Waals surface area contributed by atoms with E-state index in [2.05, 4.69) is 51.6 Å². The van der Waals surface area contributed by atoms with Crippen LogP contribution in [-0.2, 0) is 14.0 Å². The van der Waals surface area contributed by atoms with E-state index in [-0.39, 0.29) is 24.2 Å². The maximum absolute atomic E-state index is 13.9. The number of rotatable bonds is 12. The number of benzene rings is 2. The van der Waals surface area contributed by atoms with Gasteiger partial charge in [-0.15, -0.1) is 6.58 Å². The van der Waals surface area contributed by atoms with Gasteiger partial charge in [0, 0.05) is 12.6 Å². The van der Waals surface area contributed by atoms with Crippen LogP contribution in [0, 0.1) is 0 Å². The van der Waals surface area contributed by atoms with Crippen molar-refractivity contribution in [1.82, 2.24) is 4.90 Å². The summed E-state index contributed by atoms with van der Waals surface area (Å²) in [5.41, 5.74) is 0. The van der Waals surface area contributed by atoms with Crippen molar-refractivity contribution < 1.29 is 32.6 Å². The highest BCUT2D eigenvalue weighted by molar-refractivity contribution is 6.99. The number of carbonyl (C=O) groups is 2. The van der Waals surface area contributed by atoms with E-state index in [1.807, 2.05) is 36.4 Å². The van der Waals surface area contributed by atoms with Crippen LogP contribution in [-0.4, -0.2) is 68.0 Å². The molecule has 0 aliphatic rings. The molecule has 6 nitrogen and oxygen atoms in total. The third-order valence-corrected chi connectivity index (χ3v) is 11.3. The highest BCUT2D eigenvalue weighted by Gasteiger charge is 2.50. The van der Waals surface area contributed by atoms with Gasteiger partial charge in [-0.05, 0) is 29.3 Å². The van der Waals surface area contributed by atoms with Gasteiger partial charge in [0.2, 0.25) is 5.78 Å². The molecule has 1 N–H and O–H groups in total. The van der Waals surface area contributed by atoms with Gasteiger partial charge in [-0.3, -0.25) is 4.79 Å². The molecule has 0 bridgehead atoms. The molecule has 202 valence electrons. The molecule has 0 fully saturated rings. The average molecular weight is 534 g/mol. The molecule has 1 atom stereocenters. The van der Waals surface area contributed by atoms with Crippen LogP contribution in [0.1, 0.15) is 34.6 Å². The second kappa shape index (κ2) is 12.6. The number of ketones is 1. The van der Waals surface area contributed by atoms with E-state index in [1.54, 1.807) is 13.8 Å². The van der Waals surface area contributed by atoms with E-state index in [4.69, 9.17) is 9.16 Å². The van der Waals surface area contributed by atoms with Gasteiger partial charge in [-0.1, -0.05) is 87.5 Å². The molecule has 2 rings (SSSR count). The number of halogens is 2. The van der Waals surface area contributed by atoms with Crippen molar-refractivity contribution in [2.45, 2.75) is 57.7 Å². The summed E-state index contributed by atoms with van der Waals surface area (Å²) in [4.78, 5) is 25.9. The number of aliphatic hydroxyl groups excluding tert-OH is 1. The Balaban J connectivity index is 2.24. The number of hydrogen-bond donors (Lipinski definition) is 1. The smallest absolute Gasteiger partial charge is 0.410 e. The van der Waals surface area contributed by atoms with Crippen molar-refractivity contribution >= 4 is 30.6 Å². The third-order valence-electron chi connectivity index (χ3n) is 6.22. The standard InChI is InChI=1S/C28H37F2NO5Si/c1-7-24(32)28(29,30)25(33)20-35-26(34)31(21(2)3)18-19-36-37(27(4,5)6,22-14-10-8-11-15-22)23-16-12-9-13-17-23/h7-17,21,24,32H,1,18-20H2,2-6H3. The number of aliphatic hydroxyl groups is 1. The molecular formula is C28H37F2NO5Si. The van der Waals surface area contributed by atoms with Crippen LogP contribution in [0.5, 0.6) is 0 Å². The zero-order valence-corrected chi connectivity index (χ0v) is 23.1. The first-order valence-corrected chi connectivity index (χ1v) is 14.1. The van der Waals surface area contributed by atoms with E-state index in [1.165, 1.54) is 4.90 Å². The van der Waals surface area contributed by atoms with Crippen molar-refractivity contribution in [2.24, 2.45) is 0 Å². The molecule has 0 saturated carbocycles. The Kier molecular flexibility index (Phi) is 10.3. The molecule has 2 aromatic rings. The second-order valence-electron chi connectivity index (χ2n) is 10.1. The Labute approximate surface area is 219 Å². The van der Waals surface area contributed by atoms with Crippen LogP contribution in [0.2, 0.25) is 5.04 Å².